The fourth-order valence-electron chi connectivity index (χ4n) is 2.34. The van der Waals surface area contributed by atoms with E-state index < -0.39 is 0 Å². The largest absolute Gasteiger partial charge is 0.419 e. The first-order valence-electron chi connectivity index (χ1n) is 7.13. The molecule has 0 unspecified atom stereocenters. The second kappa shape index (κ2) is 5.90. The Labute approximate surface area is 136 Å². The van der Waals surface area contributed by atoms with Crippen molar-refractivity contribution < 1.29 is 4.42 Å². The second-order valence-electron chi connectivity index (χ2n) is 5.20. The maximum atomic E-state index is 5.71. The highest BCUT2D eigenvalue weighted by Gasteiger charge is 2.13. The Kier molecular flexibility index (Phi) is 3.60. The van der Waals surface area contributed by atoms with Crippen molar-refractivity contribution in [2.24, 2.45) is 0 Å². The molecule has 4 heterocycles. The molecule has 0 aliphatic rings. The van der Waals surface area contributed by atoms with Gasteiger partial charge in [0, 0.05) is 6.20 Å². The van der Waals surface area contributed by atoms with Crippen molar-refractivity contribution in [3.05, 3.63) is 53.6 Å². The molecule has 7 nitrogen and oxygen atoms in total. The van der Waals surface area contributed by atoms with Crippen LogP contribution in [-0.4, -0.2) is 36.7 Å². The molecule has 0 atom stereocenters. The van der Waals surface area contributed by atoms with Crippen molar-refractivity contribution in [2.75, 3.05) is 7.05 Å². The zero-order valence-electron chi connectivity index (χ0n) is 12.5. The van der Waals surface area contributed by atoms with Gasteiger partial charge in [-0.15, -0.1) is 31.7 Å². The maximum absolute atomic E-state index is 5.71. The lowest BCUT2D eigenvalue weighted by molar-refractivity contribution is 0.275. The van der Waals surface area contributed by atoms with Crippen LogP contribution in [0.2, 0.25) is 0 Å². The van der Waals surface area contributed by atoms with Crippen molar-refractivity contribution in [1.29, 1.82) is 0 Å². The summed E-state index contributed by atoms with van der Waals surface area (Å²) in [5.41, 5.74) is 0.841. The molecule has 0 bridgehead atoms. The Morgan fingerprint density at radius 1 is 1.09 bits per heavy atom. The molecule has 4 rings (SSSR count). The van der Waals surface area contributed by atoms with Crippen LogP contribution in [0.25, 0.3) is 16.4 Å². The van der Waals surface area contributed by atoms with Crippen molar-refractivity contribution in [3.63, 3.8) is 0 Å². The van der Waals surface area contributed by atoms with Crippen LogP contribution in [-0.2, 0) is 13.1 Å². The van der Waals surface area contributed by atoms with Crippen molar-refractivity contribution in [2.45, 2.75) is 13.1 Å². The summed E-state index contributed by atoms with van der Waals surface area (Å²) in [5.74, 6) is 2.03. The summed E-state index contributed by atoms with van der Waals surface area (Å²) >= 11 is 1.58. The highest BCUT2D eigenvalue weighted by Crippen LogP contribution is 2.23. The monoisotopic (exact) mass is 326 g/mol. The van der Waals surface area contributed by atoms with E-state index in [0.29, 0.717) is 24.9 Å². The van der Waals surface area contributed by atoms with Crippen LogP contribution in [0, 0.1) is 0 Å². The Hall–Kier alpha value is -2.58. The van der Waals surface area contributed by atoms with E-state index in [4.69, 9.17) is 4.42 Å². The SMILES string of the molecule is CN(Cc1nnc(-c2cccs2)o1)Cc1nnc2ccccn12. The predicted molar refractivity (Wildman–Crippen MR) is 85.8 cm³/mol. The minimum Gasteiger partial charge on any atom is -0.419 e. The Morgan fingerprint density at radius 2 is 2.04 bits per heavy atom. The number of aromatic nitrogens is 5. The average Bonchev–Trinajstić information content (AvgIpc) is 3.27. The molecule has 4 aromatic heterocycles. The van der Waals surface area contributed by atoms with E-state index in [0.717, 1.165) is 16.3 Å². The number of hydrogen-bond donors (Lipinski definition) is 0. The van der Waals surface area contributed by atoms with E-state index in [1.165, 1.54) is 0 Å². The zero-order valence-corrected chi connectivity index (χ0v) is 13.3. The molecule has 0 aliphatic heterocycles. The summed E-state index contributed by atoms with van der Waals surface area (Å²) in [6.45, 7) is 1.20. The van der Waals surface area contributed by atoms with Gasteiger partial charge < -0.3 is 4.42 Å². The summed E-state index contributed by atoms with van der Waals surface area (Å²) in [7, 11) is 1.99. The van der Waals surface area contributed by atoms with Gasteiger partial charge in [0.2, 0.25) is 5.89 Å². The third-order valence-corrected chi connectivity index (χ3v) is 4.26. The fourth-order valence-corrected chi connectivity index (χ4v) is 2.99. The van der Waals surface area contributed by atoms with Gasteiger partial charge in [0.1, 0.15) is 0 Å². The molecule has 116 valence electrons. The minimum atomic E-state index is 0.556. The van der Waals surface area contributed by atoms with Crippen LogP contribution in [0.1, 0.15) is 11.7 Å². The highest BCUT2D eigenvalue weighted by atomic mass is 32.1. The molecule has 0 saturated carbocycles. The number of rotatable bonds is 5. The van der Waals surface area contributed by atoms with Gasteiger partial charge in [-0.05, 0) is 30.6 Å². The van der Waals surface area contributed by atoms with Gasteiger partial charge in [0.05, 0.1) is 18.0 Å². The molecule has 0 amide bonds. The maximum Gasteiger partial charge on any atom is 0.257 e. The van der Waals surface area contributed by atoms with Gasteiger partial charge in [-0.1, -0.05) is 12.1 Å². The van der Waals surface area contributed by atoms with Gasteiger partial charge in [-0.2, -0.15) is 0 Å². The molecular formula is C15H14N6OS. The number of fused-ring (bicyclic) bond motifs is 1. The van der Waals surface area contributed by atoms with E-state index >= 15 is 0 Å². The molecular weight excluding hydrogens is 312 g/mol. The lowest BCUT2D eigenvalue weighted by Crippen LogP contribution is -2.19. The minimum absolute atomic E-state index is 0.556. The summed E-state index contributed by atoms with van der Waals surface area (Å²) in [6, 6.07) is 9.77. The van der Waals surface area contributed by atoms with E-state index in [1.54, 1.807) is 11.3 Å². The van der Waals surface area contributed by atoms with Gasteiger partial charge in [-0.3, -0.25) is 9.30 Å². The average molecular weight is 326 g/mol. The van der Waals surface area contributed by atoms with Crippen LogP contribution in [0.4, 0.5) is 0 Å². The third-order valence-electron chi connectivity index (χ3n) is 3.40. The van der Waals surface area contributed by atoms with E-state index in [-0.39, 0.29) is 0 Å². The summed E-state index contributed by atoms with van der Waals surface area (Å²) in [5, 5.41) is 18.6. The first-order valence-corrected chi connectivity index (χ1v) is 8.01. The van der Waals surface area contributed by atoms with Gasteiger partial charge >= 0.3 is 0 Å². The van der Waals surface area contributed by atoms with Crippen LogP contribution in [0.3, 0.4) is 0 Å². The van der Waals surface area contributed by atoms with Crippen LogP contribution in [0.15, 0.2) is 46.3 Å². The molecule has 0 aliphatic carbocycles. The molecule has 0 radical (unpaired) electrons. The van der Waals surface area contributed by atoms with E-state index in [9.17, 15) is 0 Å². The van der Waals surface area contributed by atoms with Crippen LogP contribution < -0.4 is 0 Å². The molecule has 4 aromatic rings. The lowest BCUT2D eigenvalue weighted by Gasteiger charge is -2.12. The predicted octanol–water partition coefficient (Wildman–Crippen LogP) is 2.47. The van der Waals surface area contributed by atoms with E-state index in [2.05, 4.69) is 25.3 Å². The van der Waals surface area contributed by atoms with Crippen molar-refractivity contribution in [1.82, 2.24) is 29.7 Å². The first kappa shape index (κ1) is 14.0. The second-order valence-corrected chi connectivity index (χ2v) is 6.14. The molecule has 0 spiro atoms. The van der Waals surface area contributed by atoms with Crippen molar-refractivity contribution in [3.8, 4) is 10.8 Å². The topological polar surface area (TPSA) is 72.3 Å². The summed E-state index contributed by atoms with van der Waals surface area (Å²) < 4.78 is 7.68. The molecule has 0 aromatic carbocycles. The molecule has 0 N–H and O–H groups in total. The molecule has 0 saturated heterocycles. The quantitative estimate of drug-likeness (QED) is 0.561. The number of nitrogens with zero attached hydrogens (tertiary/aromatic N) is 6. The standard InChI is InChI=1S/C15H14N6OS/c1-20(9-13-17-16-12-6-2-3-7-21(12)13)10-14-18-19-15(22-14)11-5-4-8-23-11/h2-8H,9-10H2,1H3. The van der Waals surface area contributed by atoms with Gasteiger partial charge in [0.25, 0.3) is 5.89 Å². The normalized spacial score (nSPS) is 11.6. The summed E-state index contributed by atoms with van der Waals surface area (Å²) in [6.07, 6.45) is 1.96. The van der Waals surface area contributed by atoms with E-state index in [1.807, 2.05) is 53.4 Å². The highest BCUT2D eigenvalue weighted by molar-refractivity contribution is 7.13. The summed E-state index contributed by atoms with van der Waals surface area (Å²) in [4.78, 5) is 3.05. The Bertz CT molecular complexity index is 913. The number of thiophene rings is 1. The Balaban J connectivity index is 1.47. The first-order chi connectivity index (χ1) is 11.3. The van der Waals surface area contributed by atoms with Crippen molar-refractivity contribution >= 4 is 17.0 Å². The molecule has 8 heteroatoms. The fraction of sp³-hybridized carbons (Fsp3) is 0.200. The zero-order chi connectivity index (χ0) is 15.6. The van der Waals surface area contributed by atoms with Crippen LogP contribution >= 0.6 is 11.3 Å². The molecule has 0 fully saturated rings. The number of pyridine rings is 1. The van der Waals surface area contributed by atoms with Gasteiger partial charge in [-0.25, -0.2) is 0 Å². The lowest BCUT2D eigenvalue weighted by atomic mass is 10.4. The van der Waals surface area contributed by atoms with Gasteiger partial charge in [0.15, 0.2) is 11.5 Å². The smallest absolute Gasteiger partial charge is 0.257 e. The number of hydrogen-bond acceptors (Lipinski definition) is 7. The Morgan fingerprint density at radius 3 is 2.91 bits per heavy atom. The third kappa shape index (κ3) is 2.86. The molecule has 23 heavy (non-hydrogen) atoms. The van der Waals surface area contributed by atoms with Crippen LogP contribution in [0.5, 0.6) is 0 Å².